The van der Waals surface area contributed by atoms with Crippen molar-refractivity contribution in [2.45, 2.75) is 19.4 Å². The highest BCUT2D eigenvalue weighted by molar-refractivity contribution is 5.51. The van der Waals surface area contributed by atoms with E-state index in [-0.39, 0.29) is 5.82 Å². The van der Waals surface area contributed by atoms with Gasteiger partial charge in [0.05, 0.1) is 7.11 Å². The van der Waals surface area contributed by atoms with Gasteiger partial charge in [0.1, 0.15) is 0 Å². The quantitative estimate of drug-likeness (QED) is 0.853. The molecular weight excluding hydrogens is 219 g/mol. The van der Waals surface area contributed by atoms with Crippen LogP contribution < -0.4 is 15.0 Å². The minimum atomic E-state index is -0.308. The van der Waals surface area contributed by atoms with Gasteiger partial charge in [0.2, 0.25) is 0 Å². The summed E-state index contributed by atoms with van der Waals surface area (Å²) in [5.41, 5.74) is 1.03. The van der Waals surface area contributed by atoms with Gasteiger partial charge >= 0.3 is 0 Å². The van der Waals surface area contributed by atoms with Gasteiger partial charge < -0.3 is 15.0 Å². The molecule has 17 heavy (non-hydrogen) atoms. The molecule has 1 aromatic carbocycles. The number of hydrogen-bond acceptors (Lipinski definition) is 3. The fraction of sp³-hybridized carbons (Fsp3) is 0.538. The van der Waals surface area contributed by atoms with Crippen LogP contribution in [0.5, 0.6) is 5.75 Å². The van der Waals surface area contributed by atoms with Crippen LogP contribution in [0.1, 0.15) is 13.3 Å². The van der Waals surface area contributed by atoms with E-state index < -0.39 is 0 Å². The van der Waals surface area contributed by atoms with E-state index in [1.807, 2.05) is 6.07 Å². The second kappa shape index (κ2) is 5.36. The third-order valence-electron chi connectivity index (χ3n) is 3.21. The Bertz CT molecular complexity index is 384. The maximum atomic E-state index is 13.3. The Hall–Kier alpha value is -1.29. The van der Waals surface area contributed by atoms with E-state index in [1.54, 1.807) is 6.07 Å². The second-order valence-corrected chi connectivity index (χ2v) is 4.45. The predicted molar refractivity (Wildman–Crippen MR) is 67.2 cm³/mol. The van der Waals surface area contributed by atoms with E-state index >= 15 is 0 Å². The number of rotatable bonds is 2. The zero-order valence-electron chi connectivity index (χ0n) is 10.4. The largest absolute Gasteiger partial charge is 0.494 e. The molecule has 3 nitrogen and oxygen atoms in total. The maximum absolute atomic E-state index is 13.3. The van der Waals surface area contributed by atoms with Crippen LogP contribution in [0.2, 0.25) is 0 Å². The van der Waals surface area contributed by atoms with Crippen molar-refractivity contribution in [3.63, 3.8) is 0 Å². The topological polar surface area (TPSA) is 24.5 Å². The zero-order chi connectivity index (χ0) is 12.3. The highest BCUT2D eigenvalue weighted by Crippen LogP contribution is 2.25. The van der Waals surface area contributed by atoms with Crippen LogP contribution in [-0.4, -0.2) is 32.8 Å². The Labute approximate surface area is 102 Å². The molecule has 0 bridgehead atoms. The summed E-state index contributed by atoms with van der Waals surface area (Å²) >= 11 is 0. The van der Waals surface area contributed by atoms with E-state index in [0.29, 0.717) is 11.8 Å². The highest BCUT2D eigenvalue weighted by atomic mass is 19.1. The lowest BCUT2D eigenvalue weighted by Crippen LogP contribution is -2.28. The normalized spacial score (nSPS) is 21.1. The summed E-state index contributed by atoms with van der Waals surface area (Å²) in [6.07, 6.45) is 1.10. The number of anilines is 1. The molecular formula is C13H19FN2O. The van der Waals surface area contributed by atoms with Crippen molar-refractivity contribution in [3.8, 4) is 5.75 Å². The molecule has 1 heterocycles. The Kier molecular flexibility index (Phi) is 3.84. The Balaban J connectivity index is 2.15. The molecule has 0 amide bonds. The number of halogens is 1. The van der Waals surface area contributed by atoms with Gasteiger partial charge in [-0.2, -0.15) is 0 Å². The zero-order valence-corrected chi connectivity index (χ0v) is 10.4. The average molecular weight is 238 g/mol. The molecule has 94 valence electrons. The van der Waals surface area contributed by atoms with Gasteiger partial charge in [-0.25, -0.2) is 4.39 Å². The molecule has 0 spiro atoms. The summed E-state index contributed by atoms with van der Waals surface area (Å²) in [4.78, 5) is 2.26. The van der Waals surface area contributed by atoms with Crippen molar-refractivity contribution in [3.05, 3.63) is 24.0 Å². The number of ether oxygens (including phenoxy) is 1. The molecule has 1 unspecified atom stereocenters. The third-order valence-corrected chi connectivity index (χ3v) is 3.21. The first-order valence-electron chi connectivity index (χ1n) is 6.02. The molecule has 1 N–H and O–H groups in total. The molecule has 2 rings (SSSR count). The molecule has 1 aliphatic heterocycles. The first-order chi connectivity index (χ1) is 8.20. The molecule has 1 aromatic rings. The number of benzene rings is 1. The van der Waals surface area contributed by atoms with E-state index in [1.165, 1.54) is 13.2 Å². The Morgan fingerprint density at radius 3 is 3.00 bits per heavy atom. The monoisotopic (exact) mass is 238 g/mol. The SMILES string of the molecule is COc1cc(N2CCNC(C)CC2)ccc1F. The minimum Gasteiger partial charge on any atom is -0.494 e. The van der Waals surface area contributed by atoms with Crippen LogP contribution >= 0.6 is 0 Å². The van der Waals surface area contributed by atoms with Crippen molar-refractivity contribution < 1.29 is 9.13 Å². The summed E-state index contributed by atoms with van der Waals surface area (Å²) < 4.78 is 18.3. The van der Waals surface area contributed by atoms with E-state index in [4.69, 9.17) is 4.74 Å². The average Bonchev–Trinajstić information content (AvgIpc) is 2.55. The standard InChI is InChI=1S/C13H19FN2O/c1-10-5-7-16(8-6-15-10)11-3-4-12(14)13(9-11)17-2/h3-4,9-10,15H,5-8H2,1-2H3. The molecule has 1 saturated heterocycles. The lowest BCUT2D eigenvalue weighted by molar-refractivity contribution is 0.386. The smallest absolute Gasteiger partial charge is 0.165 e. The van der Waals surface area contributed by atoms with Crippen molar-refractivity contribution in [2.75, 3.05) is 31.6 Å². The Morgan fingerprint density at radius 1 is 1.41 bits per heavy atom. The molecule has 0 radical (unpaired) electrons. The van der Waals surface area contributed by atoms with Crippen LogP contribution in [0, 0.1) is 5.82 Å². The molecule has 0 aromatic heterocycles. The van der Waals surface area contributed by atoms with E-state index in [2.05, 4.69) is 17.1 Å². The molecule has 4 heteroatoms. The fourth-order valence-electron chi connectivity index (χ4n) is 2.11. The molecule has 0 aliphatic carbocycles. The summed E-state index contributed by atoms with van der Waals surface area (Å²) in [5, 5.41) is 3.44. The molecule has 1 aliphatic rings. The van der Waals surface area contributed by atoms with Gasteiger partial charge in [-0.1, -0.05) is 0 Å². The summed E-state index contributed by atoms with van der Waals surface area (Å²) in [5.74, 6) is 0.00493. The van der Waals surface area contributed by atoms with Crippen LogP contribution in [0.25, 0.3) is 0 Å². The van der Waals surface area contributed by atoms with Crippen molar-refractivity contribution in [1.29, 1.82) is 0 Å². The van der Waals surface area contributed by atoms with Gasteiger partial charge in [-0.3, -0.25) is 0 Å². The lowest BCUT2D eigenvalue weighted by Gasteiger charge is -2.22. The number of methoxy groups -OCH3 is 1. The molecule has 1 atom stereocenters. The number of nitrogens with zero attached hydrogens (tertiary/aromatic N) is 1. The van der Waals surface area contributed by atoms with Crippen molar-refractivity contribution >= 4 is 5.69 Å². The van der Waals surface area contributed by atoms with Gasteiger partial charge in [0.25, 0.3) is 0 Å². The van der Waals surface area contributed by atoms with Crippen LogP contribution in [-0.2, 0) is 0 Å². The van der Waals surface area contributed by atoms with Gasteiger partial charge in [0, 0.05) is 37.4 Å². The minimum absolute atomic E-state index is 0.308. The maximum Gasteiger partial charge on any atom is 0.165 e. The fourth-order valence-corrected chi connectivity index (χ4v) is 2.11. The predicted octanol–water partition coefficient (Wildman–Crippen LogP) is 2.02. The molecule has 1 fully saturated rings. The van der Waals surface area contributed by atoms with Crippen LogP contribution in [0.3, 0.4) is 0 Å². The summed E-state index contributed by atoms with van der Waals surface area (Å²) in [6, 6.07) is 5.59. The van der Waals surface area contributed by atoms with Crippen LogP contribution in [0.15, 0.2) is 18.2 Å². The molecule has 0 saturated carbocycles. The van der Waals surface area contributed by atoms with E-state index in [0.717, 1.165) is 31.7 Å². The van der Waals surface area contributed by atoms with E-state index in [9.17, 15) is 4.39 Å². The summed E-state index contributed by atoms with van der Waals surface area (Å²) in [6.45, 7) is 5.08. The lowest BCUT2D eigenvalue weighted by atomic mass is 10.2. The second-order valence-electron chi connectivity index (χ2n) is 4.45. The Morgan fingerprint density at radius 2 is 2.24 bits per heavy atom. The first-order valence-corrected chi connectivity index (χ1v) is 6.02. The summed E-state index contributed by atoms with van der Waals surface area (Å²) in [7, 11) is 1.49. The van der Waals surface area contributed by atoms with Crippen LogP contribution in [0.4, 0.5) is 10.1 Å². The highest BCUT2D eigenvalue weighted by Gasteiger charge is 2.14. The van der Waals surface area contributed by atoms with Gasteiger partial charge in [0.15, 0.2) is 11.6 Å². The third kappa shape index (κ3) is 2.88. The number of hydrogen-bond donors (Lipinski definition) is 1. The first kappa shape index (κ1) is 12.2. The van der Waals surface area contributed by atoms with Gasteiger partial charge in [-0.05, 0) is 25.5 Å². The van der Waals surface area contributed by atoms with Gasteiger partial charge in [-0.15, -0.1) is 0 Å². The van der Waals surface area contributed by atoms with Crippen molar-refractivity contribution in [2.24, 2.45) is 0 Å². The van der Waals surface area contributed by atoms with Crippen molar-refractivity contribution in [1.82, 2.24) is 5.32 Å². The number of nitrogens with one attached hydrogen (secondary N) is 1.